The predicted octanol–water partition coefficient (Wildman–Crippen LogP) is 3.98. The second-order valence-corrected chi connectivity index (χ2v) is 5.90. The summed E-state index contributed by atoms with van der Waals surface area (Å²) < 4.78 is 1.08. The fourth-order valence-corrected chi connectivity index (χ4v) is 3.28. The molecule has 1 aromatic carbocycles. The van der Waals surface area contributed by atoms with E-state index in [9.17, 15) is 0 Å². The van der Waals surface area contributed by atoms with Crippen molar-refractivity contribution in [2.24, 2.45) is 0 Å². The molecule has 0 saturated carbocycles. The van der Waals surface area contributed by atoms with Crippen molar-refractivity contribution in [3.63, 3.8) is 0 Å². The average molecular weight is 271 g/mol. The number of nitrogens with zero attached hydrogens (tertiary/aromatic N) is 1. The molecule has 0 bridgehead atoms. The molecule has 84 valence electrons. The lowest BCUT2D eigenvalue weighted by atomic mass is 10.2. The van der Waals surface area contributed by atoms with E-state index in [0.29, 0.717) is 5.02 Å². The maximum absolute atomic E-state index is 5.88. The number of rotatable bonds is 3. The summed E-state index contributed by atoms with van der Waals surface area (Å²) in [5, 5.41) is 2.73. The summed E-state index contributed by atoms with van der Waals surface area (Å²) in [5.74, 6) is 0.829. The molecule has 0 aliphatic heterocycles. The average Bonchev–Trinajstić information content (AvgIpc) is 2.63. The molecule has 0 spiro atoms. The molecule has 0 amide bonds. The predicted molar refractivity (Wildman–Crippen MR) is 72.3 cm³/mol. The SMILES string of the molecule is Cc1csc(SCc2ccc(Cl)cc2N)n1. The van der Waals surface area contributed by atoms with Gasteiger partial charge in [-0.2, -0.15) is 0 Å². The number of anilines is 1. The zero-order valence-electron chi connectivity index (χ0n) is 8.74. The van der Waals surface area contributed by atoms with Crippen LogP contribution in [0.4, 0.5) is 5.69 Å². The fraction of sp³-hybridized carbons (Fsp3) is 0.182. The quantitative estimate of drug-likeness (QED) is 0.677. The highest BCUT2D eigenvalue weighted by Crippen LogP contribution is 2.29. The lowest BCUT2D eigenvalue weighted by Crippen LogP contribution is -1.92. The van der Waals surface area contributed by atoms with Gasteiger partial charge in [-0.15, -0.1) is 11.3 Å². The molecule has 2 nitrogen and oxygen atoms in total. The number of hydrogen-bond donors (Lipinski definition) is 1. The van der Waals surface area contributed by atoms with Crippen LogP contribution in [0.15, 0.2) is 27.9 Å². The van der Waals surface area contributed by atoms with E-state index in [1.807, 2.05) is 24.4 Å². The van der Waals surface area contributed by atoms with Crippen LogP contribution in [0.5, 0.6) is 0 Å². The summed E-state index contributed by atoms with van der Waals surface area (Å²) in [4.78, 5) is 4.39. The number of nitrogen functional groups attached to an aromatic ring is 1. The zero-order chi connectivity index (χ0) is 11.5. The number of thiazole rings is 1. The minimum Gasteiger partial charge on any atom is -0.398 e. The van der Waals surface area contributed by atoms with E-state index in [0.717, 1.165) is 27.0 Å². The Morgan fingerprint density at radius 3 is 2.94 bits per heavy atom. The first-order valence-corrected chi connectivity index (χ1v) is 6.98. The minimum absolute atomic E-state index is 0.677. The van der Waals surface area contributed by atoms with Crippen LogP contribution in [0.25, 0.3) is 0 Å². The zero-order valence-corrected chi connectivity index (χ0v) is 11.1. The van der Waals surface area contributed by atoms with E-state index in [2.05, 4.69) is 4.98 Å². The highest BCUT2D eigenvalue weighted by molar-refractivity contribution is 8.00. The number of nitrogens with two attached hydrogens (primary N) is 1. The van der Waals surface area contributed by atoms with Crippen LogP contribution in [0.1, 0.15) is 11.3 Å². The number of halogens is 1. The summed E-state index contributed by atoms with van der Waals surface area (Å²) in [7, 11) is 0. The van der Waals surface area contributed by atoms with Crippen LogP contribution in [-0.4, -0.2) is 4.98 Å². The first-order chi connectivity index (χ1) is 7.65. The van der Waals surface area contributed by atoms with E-state index < -0.39 is 0 Å². The monoisotopic (exact) mass is 270 g/mol. The summed E-state index contributed by atoms with van der Waals surface area (Å²) >= 11 is 9.20. The lowest BCUT2D eigenvalue weighted by Gasteiger charge is -2.04. The second kappa shape index (κ2) is 5.08. The molecule has 0 aliphatic rings. The number of aryl methyl sites for hydroxylation is 1. The van der Waals surface area contributed by atoms with Crippen molar-refractivity contribution >= 4 is 40.4 Å². The van der Waals surface area contributed by atoms with E-state index in [4.69, 9.17) is 17.3 Å². The van der Waals surface area contributed by atoms with Crippen molar-refractivity contribution in [2.75, 3.05) is 5.73 Å². The Morgan fingerprint density at radius 1 is 1.50 bits per heavy atom. The summed E-state index contributed by atoms with van der Waals surface area (Å²) in [6, 6.07) is 5.61. The van der Waals surface area contributed by atoms with Crippen molar-refractivity contribution in [3.8, 4) is 0 Å². The maximum atomic E-state index is 5.88. The van der Waals surface area contributed by atoms with Gasteiger partial charge in [0, 0.05) is 27.5 Å². The van der Waals surface area contributed by atoms with Gasteiger partial charge in [0.05, 0.1) is 0 Å². The first kappa shape index (κ1) is 11.8. The Balaban J connectivity index is 2.04. The van der Waals surface area contributed by atoms with Crippen LogP contribution >= 0.6 is 34.7 Å². The van der Waals surface area contributed by atoms with E-state index in [1.165, 1.54) is 0 Å². The third kappa shape index (κ3) is 2.90. The van der Waals surface area contributed by atoms with Crippen molar-refractivity contribution < 1.29 is 0 Å². The normalized spacial score (nSPS) is 10.6. The molecule has 5 heteroatoms. The van der Waals surface area contributed by atoms with Crippen LogP contribution in [0, 0.1) is 6.92 Å². The van der Waals surface area contributed by atoms with Gasteiger partial charge in [0.2, 0.25) is 0 Å². The molecular weight excluding hydrogens is 260 g/mol. The molecule has 1 heterocycles. The van der Waals surface area contributed by atoms with Gasteiger partial charge in [-0.3, -0.25) is 0 Å². The largest absolute Gasteiger partial charge is 0.398 e. The van der Waals surface area contributed by atoms with E-state index >= 15 is 0 Å². The van der Waals surface area contributed by atoms with Crippen LogP contribution in [0.3, 0.4) is 0 Å². The molecule has 1 aromatic heterocycles. The third-order valence-electron chi connectivity index (χ3n) is 2.06. The molecule has 0 fully saturated rings. The summed E-state index contributed by atoms with van der Waals surface area (Å²) in [5.41, 5.74) is 8.79. The molecule has 0 aliphatic carbocycles. The molecule has 0 atom stereocenters. The highest BCUT2D eigenvalue weighted by atomic mass is 35.5. The van der Waals surface area contributed by atoms with E-state index in [1.54, 1.807) is 29.2 Å². The van der Waals surface area contributed by atoms with Crippen LogP contribution in [-0.2, 0) is 5.75 Å². The Bertz CT molecular complexity index is 496. The van der Waals surface area contributed by atoms with E-state index in [-0.39, 0.29) is 0 Å². The first-order valence-electron chi connectivity index (χ1n) is 4.74. The van der Waals surface area contributed by atoms with Crippen LogP contribution in [0.2, 0.25) is 5.02 Å². The number of benzene rings is 1. The summed E-state index contributed by atoms with van der Waals surface area (Å²) in [6.45, 7) is 2.00. The Hall–Kier alpha value is -0.710. The Labute approximate surface area is 108 Å². The van der Waals surface area contributed by atoms with Crippen LogP contribution < -0.4 is 5.73 Å². The smallest absolute Gasteiger partial charge is 0.150 e. The third-order valence-corrected chi connectivity index (χ3v) is 4.48. The van der Waals surface area contributed by atoms with Gasteiger partial charge < -0.3 is 5.73 Å². The van der Waals surface area contributed by atoms with Gasteiger partial charge in [0.25, 0.3) is 0 Å². The molecule has 0 saturated heterocycles. The summed E-state index contributed by atoms with van der Waals surface area (Å²) in [6.07, 6.45) is 0. The molecule has 2 N–H and O–H groups in total. The number of hydrogen-bond acceptors (Lipinski definition) is 4. The number of thioether (sulfide) groups is 1. The molecule has 2 aromatic rings. The maximum Gasteiger partial charge on any atom is 0.150 e. The molecule has 0 radical (unpaired) electrons. The second-order valence-electron chi connectivity index (χ2n) is 3.39. The van der Waals surface area contributed by atoms with Gasteiger partial charge in [-0.25, -0.2) is 4.98 Å². The van der Waals surface area contributed by atoms with Gasteiger partial charge >= 0.3 is 0 Å². The fourth-order valence-electron chi connectivity index (χ4n) is 1.24. The van der Waals surface area contributed by atoms with Crippen molar-refractivity contribution in [3.05, 3.63) is 39.9 Å². The Kier molecular flexibility index (Phi) is 3.74. The standard InChI is InChI=1S/C11H11ClN2S2/c1-7-5-15-11(14-7)16-6-8-2-3-9(12)4-10(8)13/h2-5H,6,13H2,1H3. The van der Waals surface area contributed by atoms with Gasteiger partial charge in [-0.1, -0.05) is 29.4 Å². The Morgan fingerprint density at radius 2 is 2.31 bits per heavy atom. The van der Waals surface area contributed by atoms with Gasteiger partial charge in [0.15, 0.2) is 0 Å². The van der Waals surface area contributed by atoms with Crippen molar-refractivity contribution in [1.82, 2.24) is 4.98 Å². The highest BCUT2D eigenvalue weighted by Gasteiger charge is 2.03. The molecule has 0 unspecified atom stereocenters. The molecule has 16 heavy (non-hydrogen) atoms. The van der Waals surface area contributed by atoms with Gasteiger partial charge in [-0.05, 0) is 24.6 Å². The minimum atomic E-state index is 0.677. The van der Waals surface area contributed by atoms with Crippen molar-refractivity contribution in [1.29, 1.82) is 0 Å². The number of aromatic nitrogens is 1. The molecule has 2 rings (SSSR count). The topological polar surface area (TPSA) is 38.9 Å². The lowest BCUT2D eigenvalue weighted by molar-refractivity contribution is 1.16. The van der Waals surface area contributed by atoms with Crippen molar-refractivity contribution in [2.45, 2.75) is 17.0 Å². The van der Waals surface area contributed by atoms with Gasteiger partial charge in [0.1, 0.15) is 4.34 Å². The molecular formula is C11H11ClN2S2.